The van der Waals surface area contributed by atoms with Gasteiger partial charge >= 0.3 is 0 Å². The number of ether oxygens (including phenoxy) is 1. The fraction of sp³-hybridized carbons (Fsp3) is 0.333. The molecule has 0 radical (unpaired) electrons. The number of rotatable bonds is 7. The second-order valence-corrected chi connectivity index (χ2v) is 4.08. The lowest BCUT2D eigenvalue weighted by Gasteiger charge is -2.04. The molecule has 0 amide bonds. The number of furan rings is 1. The molecule has 0 saturated carbocycles. The van der Waals surface area contributed by atoms with Crippen molar-refractivity contribution in [2.75, 3.05) is 13.2 Å². The summed E-state index contributed by atoms with van der Waals surface area (Å²) in [6.07, 6.45) is 1.76. The standard InChI is InChI=1S/C15H19NO2/c1-3-9-17-11-13-12-7-5-6-8-14(12)18-15(13)10-16-4-2/h3,5-8,16H,1,4,9-11H2,2H3. The molecule has 0 fully saturated rings. The topological polar surface area (TPSA) is 34.4 Å². The van der Waals surface area contributed by atoms with E-state index in [0.717, 1.165) is 35.4 Å². The van der Waals surface area contributed by atoms with E-state index in [0.29, 0.717) is 13.2 Å². The highest BCUT2D eigenvalue weighted by Crippen LogP contribution is 2.26. The average molecular weight is 245 g/mol. The third-order valence-corrected chi connectivity index (χ3v) is 2.80. The van der Waals surface area contributed by atoms with Crippen LogP contribution in [0.5, 0.6) is 0 Å². The summed E-state index contributed by atoms with van der Waals surface area (Å²) in [5.74, 6) is 0.960. The molecule has 0 aliphatic carbocycles. The Kier molecular flexibility index (Phi) is 4.56. The molecule has 1 heterocycles. The van der Waals surface area contributed by atoms with Crippen LogP contribution in [0.2, 0.25) is 0 Å². The summed E-state index contributed by atoms with van der Waals surface area (Å²) in [4.78, 5) is 0. The molecule has 0 spiro atoms. The van der Waals surface area contributed by atoms with Crippen LogP contribution in [-0.4, -0.2) is 13.2 Å². The first-order valence-corrected chi connectivity index (χ1v) is 6.25. The van der Waals surface area contributed by atoms with Gasteiger partial charge in [-0.25, -0.2) is 0 Å². The first-order chi connectivity index (χ1) is 8.86. The van der Waals surface area contributed by atoms with Crippen LogP contribution in [0.4, 0.5) is 0 Å². The smallest absolute Gasteiger partial charge is 0.134 e. The zero-order valence-electron chi connectivity index (χ0n) is 10.7. The number of hydrogen-bond acceptors (Lipinski definition) is 3. The van der Waals surface area contributed by atoms with E-state index in [1.165, 1.54) is 0 Å². The van der Waals surface area contributed by atoms with E-state index in [1.54, 1.807) is 6.08 Å². The summed E-state index contributed by atoms with van der Waals surface area (Å²) in [7, 11) is 0. The molecule has 0 atom stereocenters. The van der Waals surface area contributed by atoms with Gasteiger partial charge in [0.2, 0.25) is 0 Å². The Labute approximate surface area is 107 Å². The van der Waals surface area contributed by atoms with E-state index in [-0.39, 0.29) is 0 Å². The van der Waals surface area contributed by atoms with Crippen molar-refractivity contribution in [3.8, 4) is 0 Å². The molecular formula is C15H19NO2. The van der Waals surface area contributed by atoms with Gasteiger partial charge in [0.05, 0.1) is 19.8 Å². The highest BCUT2D eigenvalue weighted by molar-refractivity contribution is 5.82. The fourth-order valence-corrected chi connectivity index (χ4v) is 1.93. The molecule has 18 heavy (non-hydrogen) atoms. The molecule has 3 nitrogen and oxygen atoms in total. The second kappa shape index (κ2) is 6.38. The van der Waals surface area contributed by atoms with Gasteiger partial charge in [-0.1, -0.05) is 31.2 Å². The van der Waals surface area contributed by atoms with Gasteiger partial charge < -0.3 is 14.5 Å². The molecule has 0 aliphatic heterocycles. The van der Waals surface area contributed by atoms with Crippen molar-refractivity contribution in [2.45, 2.75) is 20.1 Å². The highest BCUT2D eigenvalue weighted by Gasteiger charge is 2.13. The minimum atomic E-state index is 0.556. The summed E-state index contributed by atoms with van der Waals surface area (Å²) >= 11 is 0. The van der Waals surface area contributed by atoms with Crippen molar-refractivity contribution < 1.29 is 9.15 Å². The molecule has 0 saturated heterocycles. The van der Waals surface area contributed by atoms with E-state index in [1.807, 2.05) is 18.2 Å². The molecule has 0 unspecified atom stereocenters. The van der Waals surface area contributed by atoms with Gasteiger partial charge in [-0.05, 0) is 12.6 Å². The van der Waals surface area contributed by atoms with E-state index < -0.39 is 0 Å². The molecule has 2 aromatic rings. The van der Waals surface area contributed by atoms with Gasteiger partial charge in [0.15, 0.2) is 0 Å². The molecule has 3 heteroatoms. The molecule has 0 bridgehead atoms. The summed E-state index contributed by atoms with van der Waals surface area (Å²) in [6, 6.07) is 8.06. The summed E-state index contributed by atoms with van der Waals surface area (Å²) in [5, 5.41) is 4.42. The molecule has 1 N–H and O–H groups in total. The lowest BCUT2D eigenvalue weighted by atomic mass is 10.1. The van der Waals surface area contributed by atoms with Gasteiger partial charge in [-0.2, -0.15) is 0 Å². The van der Waals surface area contributed by atoms with Gasteiger partial charge in [-0.15, -0.1) is 6.58 Å². The van der Waals surface area contributed by atoms with E-state index in [2.05, 4.69) is 24.9 Å². The lowest BCUT2D eigenvalue weighted by molar-refractivity contribution is 0.148. The van der Waals surface area contributed by atoms with Gasteiger partial charge in [0, 0.05) is 10.9 Å². The normalized spacial score (nSPS) is 10.9. The SMILES string of the molecule is C=CCOCc1c(CNCC)oc2ccccc12. The van der Waals surface area contributed by atoms with Crippen LogP contribution in [0.1, 0.15) is 18.2 Å². The first-order valence-electron chi connectivity index (χ1n) is 6.25. The third-order valence-electron chi connectivity index (χ3n) is 2.80. The van der Waals surface area contributed by atoms with Gasteiger partial charge in [0.25, 0.3) is 0 Å². The van der Waals surface area contributed by atoms with E-state index in [4.69, 9.17) is 9.15 Å². The Balaban J connectivity index is 2.28. The number of fused-ring (bicyclic) bond motifs is 1. The maximum atomic E-state index is 5.86. The predicted octanol–water partition coefficient (Wildman–Crippen LogP) is 3.24. The predicted molar refractivity (Wildman–Crippen MR) is 73.4 cm³/mol. The van der Waals surface area contributed by atoms with Gasteiger partial charge in [0.1, 0.15) is 11.3 Å². The molecular weight excluding hydrogens is 226 g/mol. The van der Waals surface area contributed by atoms with Crippen LogP contribution < -0.4 is 5.32 Å². The minimum Gasteiger partial charge on any atom is -0.459 e. The molecule has 96 valence electrons. The monoisotopic (exact) mass is 245 g/mol. The van der Waals surface area contributed by atoms with Crippen molar-refractivity contribution in [1.29, 1.82) is 0 Å². The van der Waals surface area contributed by atoms with Gasteiger partial charge in [-0.3, -0.25) is 0 Å². The third kappa shape index (κ3) is 2.81. The number of hydrogen-bond donors (Lipinski definition) is 1. The molecule has 2 rings (SSSR count). The molecule has 0 aliphatic rings. The van der Waals surface area contributed by atoms with Crippen molar-refractivity contribution in [3.63, 3.8) is 0 Å². The van der Waals surface area contributed by atoms with E-state index in [9.17, 15) is 0 Å². The lowest BCUT2D eigenvalue weighted by Crippen LogP contribution is -2.12. The Morgan fingerprint density at radius 1 is 1.39 bits per heavy atom. The number of benzene rings is 1. The number of para-hydroxylation sites is 1. The Hall–Kier alpha value is -1.58. The largest absolute Gasteiger partial charge is 0.459 e. The van der Waals surface area contributed by atoms with Crippen LogP contribution in [0.25, 0.3) is 11.0 Å². The molecule has 1 aromatic carbocycles. The molecule has 1 aromatic heterocycles. The van der Waals surface area contributed by atoms with Crippen LogP contribution in [-0.2, 0) is 17.9 Å². The Morgan fingerprint density at radius 2 is 2.22 bits per heavy atom. The number of nitrogens with one attached hydrogen (secondary N) is 1. The summed E-state index contributed by atoms with van der Waals surface area (Å²) in [6.45, 7) is 8.50. The second-order valence-electron chi connectivity index (χ2n) is 4.08. The summed E-state index contributed by atoms with van der Waals surface area (Å²) in [5.41, 5.74) is 2.05. The first kappa shape index (κ1) is 12.9. The maximum absolute atomic E-state index is 5.86. The Morgan fingerprint density at radius 3 is 3.00 bits per heavy atom. The fourth-order valence-electron chi connectivity index (χ4n) is 1.93. The van der Waals surface area contributed by atoms with Crippen molar-refractivity contribution >= 4 is 11.0 Å². The minimum absolute atomic E-state index is 0.556. The van der Waals surface area contributed by atoms with Crippen LogP contribution >= 0.6 is 0 Å². The maximum Gasteiger partial charge on any atom is 0.134 e. The summed E-state index contributed by atoms with van der Waals surface area (Å²) < 4.78 is 11.4. The van der Waals surface area contributed by atoms with Crippen molar-refractivity contribution in [1.82, 2.24) is 5.32 Å². The zero-order valence-corrected chi connectivity index (χ0v) is 10.7. The van der Waals surface area contributed by atoms with Crippen molar-refractivity contribution in [2.24, 2.45) is 0 Å². The van der Waals surface area contributed by atoms with Crippen LogP contribution in [0.15, 0.2) is 41.3 Å². The quantitative estimate of drug-likeness (QED) is 0.600. The zero-order chi connectivity index (χ0) is 12.8. The van der Waals surface area contributed by atoms with Crippen molar-refractivity contribution in [3.05, 3.63) is 48.2 Å². The Bertz CT molecular complexity index is 516. The van der Waals surface area contributed by atoms with Crippen LogP contribution in [0, 0.1) is 0 Å². The average Bonchev–Trinajstić information content (AvgIpc) is 2.75. The van der Waals surface area contributed by atoms with Crippen LogP contribution in [0.3, 0.4) is 0 Å². The highest BCUT2D eigenvalue weighted by atomic mass is 16.5. The van der Waals surface area contributed by atoms with E-state index >= 15 is 0 Å².